The predicted molar refractivity (Wildman–Crippen MR) is 86.5 cm³/mol. The monoisotopic (exact) mass is 317 g/mol. The summed E-state index contributed by atoms with van der Waals surface area (Å²) in [5.74, 6) is -0.0555. The van der Waals surface area contributed by atoms with Crippen LogP contribution < -0.4 is 15.4 Å². The van der Waals surface area contributed by atoms with E-state index < -0.39 is 0 Å². The zero-order chi connectivity index (χ0) is 15.9. The number of hydrogen-bond acceptors (Lipinski definition) is 5. The fraction of sp³-hybridized carbons (Fsp3) is 0.133. The molecule has 1 heterocycles. The standard InChI is InChI=1S/C15H15N3O3S/c1-3-8-21-13-7-5-4-6-11(13)17-14(20)12-9-22-15(18-12)16-10(2)19/h3-7,9H,1,8H2,2H3,(H,17,20)(H,16,18,19). The van der Waals surface area contributed by atoms with E-state index in [2.05, 4.69) is 22.2 Å². The number of thiazole rings is 1. The highest BCUT2D eigenvalue weighted by atomic mass is 32.1. The van der Waals surface area contributed by atoms with Crippen molar-refractivity contribution >= 4 is 34.0 Å². The number of benzene rings is 1. The van der Waals surface area contributed by atoms with Gasteiger partial charge in [-0.2, -0.15) is 0 Å². The third kappa shape index (κ3) is 4.16. The van der Waals surface area contributed by atoms with Crippen LogP contribution in [-0.4, -0.2) is 23.4 Å². The molecular weight excluding hydrogens is 302 g/mol. The molecule has 2 amide bonds. The van der Waals surface area contributed by atoms with Crippen LogP contribution in [0.25, 0.3) is 0 Å². The Kier molecular flexibility index (Phi) is 5.26. The number of carbonyl (C=O) groups is 2. The summed E-state index contributed by atoms with van der Waals surface area (Å²) in [6.07, 6.45) is 1.62. The number of nitrogens with zero attached hydrogens (tertiary/aromatic N) is 1. The second kappa shape index (κ2) is 7.37. The molecular formula is C15H15N3O3S. The molecule has 1 aromatic carbocycles. The van der Waals surface area contributed by atoms with E-state index >= 15 is 0 Å². The maximum absolute atomic E-state index is 12.2. The lowest BCUT2D eigenvalue weighted by molar-refractivity contribution is -0.114. The first-order valence-corrected chi connectivity index (χ1v) is 7.35. The van der Waals surface area contributed by atoms with Crippen molar-refractivity contribution in [1.82, 2.24) is 4.98 Å². The van der Waals surface area contributed by atoms with Crippen molar-refractivity contribution in [2.45, 2.75) is 6.92 Å². The van der Waals surface area contributed by atoms with E-state index in [0.717, 1.165) is 0 Å². The molecule has 0 atom stereocenters. The fourth-order valence-corrected chi connectivity index (χ4v) is 2.35. The molecule has 0 aliphatic carbocycles. The van der Waals surface area contributed by atoms with Crippen LogP contribution in [0.5, 0.6) is 5.75 Å². The third-order valence-corrected chi connectivity index (χ3v) is 3.27. The van der Waals surface area contributed by atoms with Gasteiger partial charge in [0.05, 0.1) is 5.69 Å². The van der Waals surface area contributed by atoms with Crippen molar-refractivity contribution in [1.29, 1.82) is 0 Å². The van der Waals surface area contributed by atoms with Crippen molar-refractivity contribution in [3.8, 4) is 5.75 Å². The summed E-state index contributed by atoms with van der Waals surface area (Å²) >= 11 is 1.19. The van der Waals surface area contributed by atoms with Gasteiger partial charge in [-0.05, 0) is 12.1 Å². The Morgan fingerprint density at radius 2 is 2.14 bits per heavy atom. The van der Waals surface area contributed by atoms with Gasteiger partial charge in [0, 0.05) is 12.3 Å². The van der Waals surface area contributed by atoms with Crippen molar-refractivity contribution in [2.75, 3.05) is 17.2 Å². The van der Waals surface area contributed by atoms with Crippen molar-refractivity contribution in [2.24, 2.45) is 0 Å². The van der Waals surface area contributed by atoms with Crippen LogP contribution in [0.3, 0.4) is 0 Å². The van der Waals surface area contributed by atoms with Gasteiger partial charge in [-0.1, -0.05) is 24.8 Å². The first kappa shape index (κ1) is 15.7. The normalized spacial score (nSPS) is 9.86. The summed E-state index contributed by atoms with van der Waals surface area (Å²) in [6.45, 7) is 5.31. The van der Waals surface area contributed by atoms with Crippen molar-refractivity contribution in [3.63, 3.8) is 0 Å². The molecule has 0 saturated heterocycles. The highest BCUT2D eigenvalue weighted by Crippen LogP contribution is 2.25. The largest absolute Gasteiger partial charge is 0.487 e. The lowest BCUT2D eigenvalue weighted by Gasteiger charge is -2.10. The van der Waals surface area contributed by atoms with Crippen LogP contribution >= 0.6 is 11.3 Å². The number of rotatable bonds is 6. The maximum atomic E-state index is 12.2. The summed E-state index contributed by atoms with van der Waals surface area (Å²) in [5.41, 5.74) is 0.774. The van der Waals surface area contributed by atoms with Gasteiger partial charge in [-0.3, -0.25) is 9.59 Å². The molecule has 0 fully saturated rings. The molecule has 2 N–H and O–H groups in total. The number of para-hydroxylation sites is 2. The summed E-state index contributed by atoms with van der Waals surface area (Å²) in [5, 5.41) is 7.23. The molecule has 0 bridgehead atoms. The van der Waals surface area contributed by atoms with E-state index in [0.29, 0.717) is 23.2 Å². The summed E-state index contributed by atoms with van der Waals surface area (Å²) in [6, 6.07) is 7.09. The second-order valence-electron chi connectivity index (χ2n) is 4.27. The molecule has 2 rings (SSSR count). The minimum Gasteiger partial charge on any atom is -0.487 e. The van der Waals surface area contributed by atoms with E-state index in [1.54, 1.807) is 29.7 Å². The van der Waals surface area contributed by atoms with Crippen LogP contribution in [0, 0.1) is 0 Å². The first-order chi connectivity index (χ1) is 10.6. The number of ether oxygens (including phenoxy) is 1. The SMILES string of the molecule is C=CCOc1ccccc1NC(=O)c1csc(NC(C)=O)n1. The molecule has 0 radical (unpaired) electrons. The Labute approximate surface area is 131 Å². The van der Waals surface area contributed by atoms with Gasteiger partial charge >= 0.3 is 0 Å². The topological polar surface area (TPSA) is 80.3 Å². The smallest absolute Gasteiger partial charge is 0.275 e. The second-order valence-corrected chi connectivity index (χ2v) is 5.13. The van der Waals surface area contributed by atoms with Gasteiger partial charge in [0.1, 0.15) is 18.1 Å². The molecule has 2 aromatic rings. The molecule has 1 aromatic heterocycles. The minimum atomic E-state index is -0.373. The van der Waals surface area contributed by atoms with Crippen LogP contribution in [0.4, 0.5) is 10.8 Å². The Bertz CT molecular complexity index is 697. The highest BCUT2D eigenvalue weighted by molar-refractivity contribution is 7.14. The Morgan fingerprint density at radius 3 is 2.86 bits per heavy atom. The van der Waals surface area contributed by atoms with Gasteiger partial charge in [0.25, 0.3) is 5.91 Å². The molecule has 7 heteroatoms. The van der Waals surface area contributed by atoms with Gasteiger partial charge in [0.15, 0.2) is 5.13 Å². The first-order valence-electron chi connectivity index (χ1n) is 6.47. The van der Waals surface area contributed by atoms with Crippen LogP contribution in [0.1, 0.15) is 17.4 Å². The van der Waals surface area contributed by atoms with Gasteiger partial charge in [-0.15, -0.1) is 11.3 Å². The molecule has 114 valence electrons. The summed E-state index contributed by atoms with van der Waals surface area (Å²) in [7, 11) is 0. The molecule has 6 nitrogen and oxygen atoms in total. The minimum absolute atomic E-state index is 0.229. The number of carbonyl (C=O) groups excluding carboxylic acids is 2. The Balaban J connectivity index is 2.10. The van der Waals surface area contributed by atoms with Gasteiger partial charge in [0.2, 0.25) is 5.91 Å². The number of amides is 2. The lowest BCUT2D eigenvalue weighted by Crippen LogP contribution is -2.14. The Morgan fingerprint density at radius 1 is 1.36 bits per heavy atom. The average Bonchev–Trinajstić information content (AvgIpc) is 2.94. The fourth-order valence-electron chi connectivity index (χ4n) is 1.62. The zero-order valence-electron chi connectivity index (χ0n) is 12.0. The zero-order valence-corrected chi connectivity index (χ0v) is 12.8. The average molecular weight is 317 g/mol. The van der Waals surface area contributed by atoms with E-state index in [9.17, 15) is 9.59 Å². The predicted octanol–water partition coefficient (Wildman–Crippen LogP) is 2.92. The summed E-state index contributed by atoms with van der Waals surface area (Å²) in [4.78, 5) is 27.2. The Hall–Kier alpha value is -2.67. The number of hydrogen-bond donors (Lipinski definition) is 2. The van der Waals surface area contributed by atoms with Crippen LogP contribution in [-0.2, 0) is 4.79 Å². The van der Waals surface area contributed by atoms with Crippen molar-refractivity contribution < 1.29 is 14.3 Å². The van der Waals surface area contributed by atoms with E-state index in [-0.39, 0.29) is 17.5 Å². The van der Waals surface area contributed by atoms with Crippen LogP contribution in [0.2, 0.25) is 0 Å². The lowest BCUT2D eigenvalue weighted by atomic mass is 10.3. The molecule has 0 spiro atoms. The molecule has 0 aliphatic rings. The number of nitrogens with one attached hydrogen (secondary N) is 2. The quantitative estimate of drug-likeness (QED) is 0.803. The van der Waals surface area contributed by atoms with E-state index in [1.165, 1.54) is 18.3 Å². The van der Waals surface area contributed by atoms with E-state index in [4.69, 9.17) is 4.74 Å². The number of anilines is 2. The molecule has 0 aliphatic heterocycles. The molecule has 0 unspecified atom stereocenters. The van der Waals surface area contributed by atoms with E-state index in [1.807, 2.05) is 6.07 Å². The van der Waals surface area contributed by atoms with Crippen LogP contribution in [0.15, 0.2) is 42.3 Å². The summed E-state index contributed by atoms with van der Waals surface area (Å²) < 4.78 is 5.47. The highest BCUT2D eigenvalue weighted by Gasteiger charge is 2.13. The number of aromatic nitrogens is 1. The maximum Gasteiger partial charge on any atom is 0.275 e. The third-order valence-electron chi connectivity index (χ3n) is 2.51. The molecule has 22 heavy (non-hydrogen) atoms. The van der Waals surface area contributed by atoms with Crippen molar-refractivity contribution in [3.05, 3.63) is 48.0 Å². The van der Waals surface area contributed by atoms with Gasteiger partial charge in [-0.25, -0.2) is 4.98 Å². The van der Waals surface area contributed by atoms with Gasteiger partial charge < -0.3 is 15.4 Å². The molecule has 0 saturated carbocycles.